The molecule has 0 unspecified atom stereocenters. The van der Waals surface area contributed by atoms with Crippen LogP contribution in [0.25, 0.3) is 0 Å². The molecule has 0 atom stereocenters. The third-order valence-corrected chi connectivity index (χ3v) is 3.58. The van der Waals surface area contributed by atoms with E-state index in [-0.39, 0.29) is 0 Å². The van der Waals surface area contributed by atoms with Crippen molar-refractivity contribution in [1.29, 1.82) is 0 Å². The second kappa shape index (κ2) is 5.84. The van der Waals surface area contributed by atoms with Crippen LogP contribution in [0.3, 0.4) is 0 Å². The second-order valence-electron chi connectivity index (χ2n) is 4.01. The van der Waals surface area contributed by atoms with Crippen molar-refractivity contribution < 1.29 is 0 Å². The summed E-state index contributed by atoms with van der Waals surface area (Å²) in [5, 5.41) is 0. The van der Waals surface area contributed by atoms with Gasteiger partial charge >= 0.3 is 0 Å². The van der Waals surface area contributed by atoms with Gasteiger partial charge in [0.2, 0.25) is 0 Å². The molecule has 0 fully saturated rings. The molecule has 1 heterocycles. The zero-order chi connectivity index (χ0) is 12.1. The first kappa shape index (κ1) is 12.1. The van der Waals surface area contributed by atoms with Crippen molar-refractivity contribution in [3.05, 3.63) is 59.4 Å². The second-order valence-corrected chi connectivity index (χ2v) is 5.06. The van der Waals surface area contributed by atoms with Gasteiger partial charge in [0, 0.05) is 29.6 Å². The van der Waals surface area contributed by atoms with Gasteiger partial charge in [-0.3, -0.25) is 4.98 Å². The van der Waals surface area contributed by atoms with Crippen LogP contribution in [0.15, 0.2) is 47.6 Å². The lowest BCUT2D eigenvalue weighted by molar-refractivity contribution is 1.07. The first-order chi connectivity index (χ1) is 8.28. The quantitative estimate of drug-likeness (QED) is 0.840. The summed E-state index contributed by atoms with van der Waals surface area (Å²) in [6, 6.07) is 10.6. The summed E-state index contributed by atoms with van der Waals surface area (Å²) in [5.41, 5.74) is 9.21. The van der Waals surface area contributed by atoms with Crippen molar-refractivity contribution in [2.45, 2.75) is 24.1 Å². The summed E-state index contributed by atoms with van der Waals surface area (Å²) in [5.74, 6) is 0.955. The Kier molecular flexibility index (Phi) is 4.18. The number of aryl methyl sites for hydroxylation is 1. The fourth-order valence-corrected chi connectivity index (χ4v) is 2.40. The minimum Gasteiger partial charge on any atom is -0.326 e. The SMILES string of the molecule is Cc1cncc(CSc2ccc(CN)cc2)c1. The predicted octanol–water partition coefficient (Wildman–Crippen LogP) is 3.14. The monoisotopic (exact) mass is 244 g/mol. The van der Waals surface area contributed by atoms with Gasteiger partial charge in [-0.1, -0.05) is 18.2 Å². The Labute approximate surface area is 106 Å². The summed E-state index contributed by atoms with van der Waals surface area (Å²) < 4.78 is 0. The Morgan fingerprint density at radius 1 is 1.12 bits per heavy atom. The normalized spacial score (nSPS) is 10.5. The van der Waals surface area contributed by atoms with Crippen molar-refractivity contribution in [3.63, 3.8) is 0 Å². The maximum absolute atomic E-state index is 5.57. The van der Waals surface area contributed by atoms with Crippen LogP contribution in [0.5, 0.6) is 0 Å². The number of nitrogens with two attached hydrogens (primary N) is 1. The Morgan fingerprint density at radius 2 is 1.88 bits per heavy atom. The van der Waals surface area contributed by atoms with Gasteiger partial charge in [-0.25, -0.2) is 0 Å². The standard InChI is InChI=1S/C14H16N2S/c1-11-6-13(9-16-8-11)10-17-14-4-2-12(7-15)3-5-14/h2-6,8-9H,7,10,15H2,1H3. The molecule has 88 valence electrons. The zero-order valence-electron chi connectivity index (χ0n) is 9.89. The maximum atomic E-state index is 5.57. The number of benzene rings is 1. The average Bonchev–Trinajstić information content (AvgIpc) is 2.37. The number of rotatable bonds is 4. The summed E-state index contributed by atoms with van der Waals surface area (Å²) in [6.45, 7) is 2.67. The highest BCUT2D eigenvalue weighted by molar-refractivity contribution is 7.98. The molecule has 2 nitrogen and oxygen atoms in total. The van der Waals surface area contributed by atoms with Gasteiger partial charge in [-0.2, -0.15) is 0 Å². The molecule has 0 aliphatic heterocycles. The van der Waals surface area contributed by atoms with E-state index in [1.807, 2.05) is 24.2 Å². The van der Waals surface area contributed by atoms with Gasteiger partial charge in [0.05, 0.1) is 0 Å². The number of pyridine rings is 1. The lowest BCUT2D eigenvalue weighted by Gasteiger charge is -2.03. The van der Waals surface area contributed by atoms with Gasteiger partial charge in [0.1, 0.15) is 0 Å². The fourth-order valence-electron chi connectivity index (χ4n) is 1.58. The van der Waals surface area contributed by atoms with Crippen LogP contribution in [0.2, 0.25) is 0 Å². The highest BCUT2D eigenvalue weighted by Gasteiger charge is 1.97. The Hall–Kier alpha value is -1.32. The molecule has 0 radical (unpaired) electrons. The van der Waals surface area contributed by atoms with E-state index in [2.05, 4.69) is 42.2 Å². The molecule has 2 aromatic rings. The minimum absolute atomic E-state index is 0.604. The largest absolute Gasteiger partial charge is 0.326 e. The molecule has 0 amide bonds. The number of nitrogens with zero attached hydrogens (tertiary/aromatic N) is 1. The van der Waals surface area contributed by atoms with Crippen molar-refractivity contribution >= 4 is 11.8 Å². The zero-order valence-corrected chi connectivity index (χ0v) is 10.7. The van der Waals surface area contributed by atoms with E-state index < -0.39 is 0 Å². The molecule has 1 aromatic carbocycles. The Balaban J connectivity index is 1.97. The van der Waals surface area contributed by atoms with Gasteiger partial charge < -0.3 is 5.73 Å². The van der Waals surface area contributed by atoms with E-state index in [4.69, 9.17) is 5.73 Å². The van der Waals surface area contributed by atoms with Crippen molar-refractivity contribution in [2.75, 3.05) is 0 Å². The Morgan fingerprint density at radius 3 is 2.53 bits per heavy atom. The van der Waals surface area contributed by atoms with Gasteiger partial charge in [0.15, 0.2) is 0 Å². The molecule has 2 rings (SSSR count). The summed E-state index contributed by atoms with van der Waals surface area (Å²) in [6.07, 6.45) is 3.80. The molecular formula is C14H16N2S. The molecule has 0 aliphatic carbocycles. The van der Waals surface area contributed by atoms with Crippen molar-refractivity contribution in [1.82, 2.24) is 4.98 Å². The molecular weight excluding hydrogens is 228 g/mol. The molecule has 0 spiro atoms. The van der Waals surface area contributed by atoms with E-state index in [9.17, 15) is 0 Å². The van der Waals surface area contributed by atoms with Gasteiger partial charge in [0.25, 0.3) is 0 Å². The van der Waals surface area contributed by atoms with Crippen LogP contribution < -0.4 is 5.73 Å². The number of hydrogen-bond donors (Lipinski definition) is 1. The highest BCUT2D eigenvalue weighted by atomic mass is 32.2. The molecule has 3 heteroatoms. The number of hydrogen-bond acceptors (Lipinski definition) is 3. The van der Waals surface area contributed by atoms with Crippen molar-refractivity contribution in [3.8, 4) is 0 Å². The molecule has 0 bridgehead atoms. The Bertz CT molecular complexity index is 480. The fraction of sp³-hybridized carbons (Fsp3) is 0.214. The van der Waals surface area contributed by atoms with E-state index in [0.29, 0.717) is 6.54 Å². The van der Waals surface area contributed by atoms with Gasteiger partial charge in [-0.15, -0.1) is 11.8 Å². The van der Waals surface area contributed by atoms with E-state index >= 15 is 0 Å². The first-order valence-corrected chi connectivity index (χ1v) is 6.59. The molecule has 2 N–H and O–H groups in total. The lowest BCUT2D eigenvalue weighted by Crippen LogP contribution is -1.95. The number of aromatic nitrogens is 1. The van der Waals surface area contributed by atoms with Crippen LogP contribution in [-0.4, -0.2) is 4.98 Å². The molecule has 0 aliphatic rings. The van der Waals surface area contributed by atoms with Crippen molar-refractivity contribution in [2.24, 2.45) is 5.73 Å². The van der Waals surface area contributed by atoms with Crippen LogP contribution in [0.4, 0.5) is 0 Å². The van der Waals surface area contributed by atoms with Crippen LogP contribution in [0, 0.1) is 6.92 Å². The van der Waals surface area contributed by atoms with Gasteiger partial charge in [-0.05, 0) is 35.7 Å². The summed E-state index contributed by atoms with van der Waals surface area (Å²) in [4.78, 5) is 5.46. The molecule has 0 saturated carbocycles. The average molecular weight is 244 g/mol. The third-order valence-electron chi connectivity index (χ3n) is 2.50. The van der Waals surface area contributed by atoms with E-state index in [1.165, 1.54) is 21.6 Å². The maximum Gasteiger partial charge on any atom is 0.0308 e. The topological polar surface area (TPSA) is 38.9 Å². The van der Waals surface area contributed by atoms with Crippen LogP contribution in [0.1, 0.15) is 16.7 Å². The molecule has 17 heavy (non-hydrogen) atoms. The first-order valence-electron chi connectivity index (χ1n) is 5.60. The molecule has 1 aromatic heterocycles. The smallest absolute Gasteiger partial charge is 0.0308 e. The minimum atomic E-state index is 0.604. The molecule has 0 saturated heterocycles. The number of thioether (sulfide) groups is 1. The highest BCUT2D eigenvalue weighted by Crippen LogP contribution is 2.22. The summed E-state index contributed by atoms with van der Waals surface area (Å²) >= 11 is 1.82. The van der Waals surface area contributed by atoms with Crippen LogP contribution in [-0.2, 0) is 12.3 Å². The summed E-state index contributed by atoms with van der Waals surface area (Å²) in [7, 11) is 0. The third kappa shape index (κ3) is 3.58. The predicted molar refractivity (Wildman–Crippen MR) is 72.9 cm³/mol. The van der Waals surface area contributed by atoms with E-state index in [1.54, 1.807) is 0 Å². The van der Waals surface area contributed by atoms with Crippen LogP contribution >= 0.6 is 11.8 Å². The van der Waals surface area contributed by atoms with E-state index in [0.717, 1.165) is 5.75 Å². The lowest BCUT2D eigenvalue weighted by atomic mass is 10.2.